The third-order valence-electron chi connectivity index (χ3n) is 4.00. The smallest absolute Gasteiger partial charge is 0.312 e. The van der Waals surface area contributed by atoms with Crippen LogP contribution >= 0.6 is 11.8 Å². The van der Waals surface area contributed by atoms with Crippen LogP contribution in [0, 0.1) is 0 Å². The van der Waals surface area contributed by atoms with Gasteiger partial charge in [0.1, 0.15) is 5.69 Å². The first-order chi connectivity index (χ1) is 11.1. The van der Waals surface area contributed by atoms with Crippen molar-refractivity contribution in [2.45, 2.75) is 23.8 Å². The predicted octanol–water partition coefficient (Wildman–Crippen LogP) is 3.57. The second kappa shape index (κ2) is 6.46. The zero-order chi connectivity index (χ0) is 16.4. The van der Waals surface area contributed by atoms with E-state index in [0.717, 1.165) is 10.6 Å². The first-order valence-electron chi connectivity index (χ1n) is 7.43. The lowest BCUT2D eigenvalue weighted by molar-refractivity contribution is -0.138. The molecule has 0 fully saturated rings. The predicted molar refractivity (Wildman–Crippen MR) is 90.2 cm³/mol. The van der Waals surface area contributed by atoms with Crippen molar-refractivity contribution in [3.05, 3.63) is 66.0 Å². The third kappa shape index (κ3) is 2.84. The van der Waals surface area contributed by atoms with E-state index >= 15 is 0 Å². The molecule has 2 heterocycles. The molecule has 1 unspecified atom stereocenters. The van der Waals surface area contributed by atoms with Gasteiger partial charge >= 0.3 is 5.97 Å². The quantitative estimate of drug-likeness (QED) is 0.500. The van der Waals surface area contributed by atoms with E-state index in [4.69, 9.17) is 0 Å². The summed E-state index contributed by atoms with van der Waals surface area (Å²) in [5.41, 5.74) is 1.94. The van der Waals surface area contributed by atoms with Crippen molar-refractivity contribution >= 4 is 23.5 Å². The first-order valence-corrected chi connectivity index (χ1v) is 8.41. The molecule has 1 N–H and O–H groups in total. The number of thioether (sulfide) groups is 1. The number of hydrogen-bond donors (Lipinski definition) is 1. The SMILES string of the molecule is C=CCSc1cc2n(c1C(=O)c1ccccc1)CCC2C(=O)O. The van der Waals surface area contributed by atoms with Crippen molar-refractivity contribution in [3.63, 3.8) is 0 Å². The highest BCUT2D eigenvalue weighted by atomic mass is 32.2. The summed E-state index contributed by atoms with van der Waals surface area (Å²) in [5.74, 6) is -0.749. The van der Waals surface area contributed by atoms with Crippen LogP contribution < -0.4 is 0 Å². The molecule has 3 rings (SSSR count). The zero-order valence-corrected chi connectivity index (χ0v) is 13.4. The molecule has 1 aliphatic heterocycles. The van der Waals surface area contributed by atoms with Crippen molar-refractivity contribution in [2.24, 2.45) is 0 Å². The van der Waals surface area contributed by atoms with Crippen LogP contribution in [0.1, 0.15) is 34.1 Å². The summed E-state index contributed by atoms with van der Waals surface area (Å²) in [6.45, 7) is 4.27. The minimum Gasteiger partial charge on any atom is -0.481 e. The zero-order valence-electron chi connectivity index (χ0n) is 12.6. The molecule has 0 spiro atoms. The summed E-state index contributed by atoms with van der Waals surface area (Å²) in [6, 6.07) is 11.0. The van der Waals surface area contributed by atoms with Gasteiger partial charge in [0.25, 0.3) is 0 Å². The Morgan fingerprint density at radius 3 is 2.74 bits per heavy atom. The molecule has 0 saturated carbocycles. The van der Waals surface area contributed by atoms with Gasteiger partial charge in [-0.3, -0.25) is 9.59 Å². The minimum atomic E-state index is -0.833. The topological polar surface area (TPSA) is 59.3 Å². The number of carbonyl (C=O) groups excluding carboxylic acids is 1. The normalized spacial score (nSPS) is 16.1. The van der Waals surface area contributed by atoms with E-state index in [-0.39, 0.29) is 5.78 Å². The number of benzene rings is 1. The summed E-state index contributed by atoms with van der Waals surface area (Å²) in [6.07, 6.45) is 2.31. The lowest BCUT2D eigenvalue weighted by Crippen LogP contribution is -2.10. The van der Waals surface area contributed by atoms with Crippen LogP contribution in [0.15, 0.2) is 53.9 Å². The van der Waals surface area contributed by atoms with E-state index in [1.165, 1.54) is 11.8 Å². The second-order valence-electron chi connectivity index (χ2n) is 5.41. The van der Waals surface area contributed by atoms with Gasteiger partial charge in [0.05, 0.1) is 5.92 Å². The van der Waals surface area contributed by atoms with Gasteiger partial charge in [0.15, 0.2) is 0 Å². The fourth-order valence-electron chi connectivity index (χ4n) is 2.95. The van der Waals surface area contributed by atoms with Crippen LogP contribution in [0.25, 0.3) is 0 Å². The number of hydrogen-bond acceptors (Lipinski definition) is 3. The Morgan fingerprint density at radius 1 is 1.35 bits per heavy atom. The lowest BCUT2D eigenvalue weighted by Gasteiger charge is -2.08. The van der Waals surface area contributed by atoms with Crippen molar-refractivity contribution in [1.82, 2.24) is 4.57 Å². The van der Waals surface area contributed by atoms with Gasteiger partial charge in [-0.15, -0.1) is 18.3 Å². The highest BCUT2D eigenvalue weighted by molar-refractivity contribution is 7.99. The highest BCUT2D eigenvalue weighted by Gasteiger charge is 2.34. The fourth-order valence-corrected chi connectivity index (χ4v) is 3.79. The molecule has 1 aromatic carbocycles. The minimum absolute atomic E-state index is 0.0607. The Kier molecular flexibility index (Phi) is 4.39. The molecule has 5 heteroatoms. The molecule has 0 amide bonds. The van der Waals surface area contributed by atoms with E-state index in [9.17, 15) is 14.7 Å². The average molecular weight is 327 g/mol. The van der Waals surface area contributed by atoms with E-state index in [1.54, 1.807) is 18.2 Å². The summed E-state index contributed by atoms with van der Waals surface area (Å²) < 4.78 is 1.87. The Morgan fingerprint density at radius 2 is 2.09 bits per heavy atom. The maximum atomic E-state index is 12.9. The largest absolute Gasteiger partial charge is 0.481 e. The molecule has 2 aromatic rings. The maximum absolute atomic E-state index is 12.9. The van der Waals surface area contributed by atoms with Crippen LogP contribution in [0.2, 0.25) is 0 Å². The summed E-state index contributed by atoms with van der Waals surface area (Å²) in [7, 11) is 0. The van der Waals surface area contributed by atoms with Crippen LogP contribution in [-0.2, 0) is 11.3 Å². The van der Waals surface area contributed by atoms with Crippen LogP contribution in [-0.4, -0.2) is 27.2 Å². The van der Waals surface area contributed by atoms with Crippen LogP contribution in [0.3, 0.4) is 0 Å². The summed E-state index contributed by atoms with van der Waals surface area (Å²) >= 11 is 1.52. The lowest BCUT2D eigenvalue weighted by atomic mass is 10.1. The number of carboxylic acid groups (broad SMARTS) is 1. The van der Waals surface area contributed by atoms with Crippen molar-refractivity contribution < 1.29 is 14.7 Å². The van der Waals surface area contributed by atoms with Gasteiger partial charge in [-0.05, 0) is 12.5 Å². The van der Waals surface area contributed by atoms with Gasteiger partial charge in [-0.1, -0.05) is 36.4 Å². The van der Waals surface area contributed by atoms with Crippen LogP contribution in [0.5, 0.6) is 0 Å². The average Bonchev–Trinajstić information content (AvgIpc) is 3.11. The number of carbonyl (C=O) groups is 2. The molecule has 1 aromatic heterocycles. The molecule has 23 heavy (non-hydrogen) atoms. The summed E-state index contributed by atoms with van der Waals surface area (Å²) in [4.78, 5) is 25.2. The van der Waals surface area contributed by atoms with E-state index in [1.807, 2.05) is 28.8 Å². The van der Waals surface area contributed by atoms with Gasteiger partial charge in [-0.25, -0.2) is 0 Å². The highest BCUT2D eigenvalue weighted by Crippen LogP contribution is 2.38. The molecule has 0 radical (unpaired) electrons. The van der Waals surface area contributed by atoms with Gasteiger partial charge in [-0.2, -0.15) is 0 Å². The van der Waals surface area contributed by atoms with Crippen molar-refractivity contribution in [2.75, 3.05) is 5.75 Å². The van der Waals surface area contributed by atoms with Gasteiger partial charge in [0, 0.05) is 28.5 Å². The van der Waals surface area contributed by atoms with Gasteiger partial charge < -0.3 is 9.67 Å². The van der Waals surface area contributed by atoms with Crippen molar-refractivity contribution in [1.29, 1.82) is 0 Å². The number of nitrogens with zero attached hydrogens (tertiary/aromatic N) is 1. The molecule has 4 nitrogen and oxygen atoms in total. The molecule has 0 aliphatic carbocycles. The number of aromatic nitrogens is 1. The van der Waals surface area contributed by atoms with E-state index < -0.39 is 11.9 Å². The molecule has 1 atom stereocenters. The monoisotopic (exact) mass is 327 g/mol. The second-order valence-corrected chi connectivity index (χ2v) is 6.47. The van der Waals surface area contributed by atoms with Gasteiger partial charge in [0.2, 0.25) is 5.78 Å². The fraction of sp³-hybridized carbons (Fsp3) is 0.222. The third-order valence-corrected chi connectivity index (χ3v) is 5.02. The molecular formula is C18H17NO3S. The molecule has 0 bridgehead atoms. The Balaban J connectivity index is 2.07. The van der Waals surface area contributed by atoms with E-state index in [2.05, 4.69) is 6.58 Å². The summed E-state index contributed by atoms with van der Waals surface area (Å²) in [5, 5.41) is 9.37. The van der Waals surface area contributed by atoms with Crippen LogP contribution in [0.4, 0.5) is 0 Å². The molecule has 118 valence electrons. The number of rotatable bonds is 6. The van der Waals surface area contributed by atoms with E-state index in [0.29, 0.717) is 30.0 Å². The number of aliphatic carboxylic acids is 1. The Hall–Kier alpha value is -2.27. The van der Waals surface area contributed by atoms with Crippen molar-refractivity contribution in [3.8, 4) is 0 Å². The number of fused-ring (bicyclic) bond motifs is 1. The Labute approximate surface area is 138 Å². The molecular weight excluding hydrogens is 310 g/mol. The number of ketones is 1. The number of carboxylic acids is 1. The molecule has 0 saturated heterocycles. The molecule has 1 aliphatic rings. The first kappa shape index (κ1) is 15.6. The Bertz CT molecular complexity index is 764. The maximum Gasteiger partial charge on any atom is 0.312 e. The standard InChI is InChI=1S/C18H17NO3S/c1-2-10-23-15-11-14-13(18(21)22)8-9-19(14)16(15)17(20)12-6-4-3-5-7-12/h2-7,11,13H,1,8-10H2,(H,21,22).